The van der Waals surface area contributed by atoms with Crippen LogP contribution in [0, 0.1) is 6.92 Å². The molecule has 1 aliphatic rings. The van der Waals surface area contributed by atoms with Crippen molar-refractivity contribution in [1.82, 2.24) is 9.88 Å². The summed E-state index contributed by atoms with van der Waals surface area (Å²) in [6.45, 7) is 2.53. The Morgan fingerprint density at radius 2 is 1.83 bits per heavy atom. The quantitative estimate of drug-likeness (QED) is 0.537. The van der Waals surface area contributed by atoms with Crippen LogP contribution in [-0.4, -0.2) is 28.0 Å². The van der Waals surface area contributed by atoms with Crippen LogP contribution in [0.4, 0.5) is 5.82 Å². The lowest BCUT2D eigenvalue weighted by Gasteiger charge is -2.10. The fraction of sp³-hybridized carbons (Fsp3) is 0.125. The number of aryl methyl sites for hydroxylation is 1. The number of hydrogen-bond donors (Lipinski definition) is 0. The number of aliphatic imine (C=N–C) groups is 1. The number of carbonyl (C=O) groups is 1. The molecule has 1 aromatic heterocycles. The molecule has 0 radical (unpaired) electrons. The Morgan fingerprint density at radius 3 is 2.60 bits per heavy atom. The lowest BCUT2D eigenvalue weighted by Crippen LogP contribution is -2.23. The van der Waals surface area contributed by atoms with E-state index in [0.717, 1.165) is 16.9 Å². The predicted octanol–water partition coefficient (Wildman–Crippen LogP) is 5.20. The van der Waals surface area contributed by atoms with Crippen LogP contribution in [0.15, 0.2) is 82.8 Å². The van der Waals surface area contributed by atoms with Gasteiger partial charge in [-0.15, -0.1) is 0 Å². The minimum atomic E-state index is -0.0944. The number of likely N-dealkylation sites (N-methyl/N-ethyl adjacent to an activating group) is 1. The molecule has 0 aliphatic carbocycles. The van der Waals surface area contributed by atoms with E-state index in [1.54, 1.807) is 18.1 Å². The van der Waals surface area contributed by atoms with Gasteiger partial charge in [0.2, 0.25) is 0 Å². The van der Waals surface area contributed by atoms with Crippen molar-refractivity contribution in [3.63, 3.8) is 0 Å². The summed E-state index contributed by atoms with van der Waals surface area (Å²) in [5, 5.41) is 0.600. The summed E-state index contributed by atoms with van der Waals surface area (Å²) in [4.78, 5) is 23.6. The lowest BCUT2D eigenvalue weighted by atomic mass is 10.1. The van der Waals surface area contributed by atoms with Gasteiger partial charge in [0.25, 0.3) is 5.91 Å². The molecule has 0 saturated carbocycles. The lowest BCUT2D eigenvalue weighted by molar-refractivity contribution is -0.121. The first kappa shape index (κ1) is 19.9. The van der Waals surface area contributed by atoms with Gasteiger partial charge in [-0.2, -0.15) is 0 Å². The van der Waals surface area contributed by atoms with E-state index in [2.05, 4.69) is 41.2 Å². The van der Waals surface area contributed by atoms with Crippen LogP contribution in [0.1, 0.15) is 16.7 Å². The summed E-state index contributed by atoms with van der Waals surface area (Å²) in [6.07, 6.45) is 3.54. The molecule has 4 rings (SSSR count). The smallest absolute Gasteiger partial charge is 0.266 e. The standard InChI is InChI=1S/C24H21N3O2S/c1-17-10-12-18(13-11-17)16-29-20-8-4-3-7-19(20)15-21-23(28)27(2)24(30-21)26-22-9-5-6-14-25-22/h3-15H,16H2,1-2H3/b21-15-,26-24+. The third-order valence-corrected chi connectivity index (χ3v) is 5.64. The SMILES string of the molecule is Cc1ccc(COc2ccccc2/C=C2\S/C(=N/c3ccccn3)N(C)C2=O)cc1. The largest absolute Gasteiger partial charge is 0.488 e. The van der Waals surface area contributed by atoms with Gasteiger partial charge >= 0.3 is 0 Å². The summed E-state index contributed by atoms with van der Waals surface area (Å²) < 4.78 is 6.04. The average molecular weight is 416 g/mol. The second-order valence-electron chi connectivity index (χ2n) is 6.87. The molecule has 0 atom stereocenters. The number of thioether (sulfide) groups is 1. The van der Waals surface area contributed by atoms with Crippen LogP contribution in [0.3, 0.4) is 0 Å². The molecule has 2 aromatic carbocycles. The van der Waals surface area contributed by atoms with E-state index in [9.17, 15) is 4.79 Å². The number of amides is 1. The van der Waals surface area contributed by atoms with Crippen molar-refractivity contribution in [2.75, 3.05) is 7.05 Å². The first-order valence-corrected chi connectivity index (χ1v) is 10.4. The molecule has 0 spiro atoms. The van der Waals surface area contributed by atoms with E-state index in [0.29, 0.717) is 22.5 Å². The van der Waals surface area contributed by atoms with E-state index >= 15 is 0 Å². The van der Waals surface area contributed by atoms with E-state index in [1.807, 2.05) is 48.5 Å². The molecule has 6 heteroatoms. The second kappa shape index (κ2) is 8.97. The van der Waals surface area contributed by atoms with Gasteiger partial charge in [-0.05, 0) is 48.5 Å². The Hall–Kier alpha value is -3.38. The van der Waals surface area contributed by atoms with E-state index in [-0.39, 0.29) is 5.91 Å². The van der Waals surface area contributed by atoms with Gasteiger partial charge < -0.3 is 4.74 Å². The number of para-hydroxylation sites is 1. The van der Waals surface area contributed by atoms with Gasteiger partial charge in [-0.3, -0.25) is 9.69 Å². The minimum absolute atomic E-state index is 0.0944. The third-order valence-electron chi connectivity index (χ3n) is 4.58. The maximum atomic E-state index is 12.7. The number of benzene rings is 2. The first-order valence-electron chi connectivity index (χ1n) is 9.55. The van der Waals surface area contributed by atoms with E-state index < -0.39 is 0 Å². The van der Waals surface area contributed by atoms with Crippen molar-refractivity contribution in [1.29, 1.82) is 0 Å². The summed E-state index contributed by atoms with van der Waals surface area (Å²) in [5.41, 5.74) is 3.17. The van der Waals surface area contributed by atoms with E-state index in [1.165, 1.54) is 17.3 Å². The molecule has 0 unspecified atom stereocenters. The van der Waals surface area contributed by atoms with Crippen LogP contribution in [0.2, 0.25) is 0 Å². The molecule has 1 fully saturated rings. The Labute approximate surface area is 180 Å². The Bertz CT molecular complexity index is 1110. The number of nitrogens with zero attached hydrogens (tertiary/aromatic N) is 3. The second-order valence-corrected chi connectivity index (χ2v) is 7.88. The number of ether oxygens (including phenoxy) is 1. The molecule has 5 nitrogen and oxygen atoms in total. The summed E-state index contributed by atoms with van der Waals surface area (Å²) in [7, 11) is 1.72. The predicted molar refractivity (Wildman–Crippen MR) is 122 cm³/mol. The highest BCUT2D eigenvalue weighted by Gasteiger charge is 2.30. The van der Waals surface area contributed by atoms with E-state index in [4.69, 9.17) is 4.74 Å². The Balaban J connectivity index is 1.55. The van der Waals surface area contributed by atoms with Crippen molar-refractivity contribution in [3.05, 3.63) is 94.5 Å². The normalized spacial score (nSPS) is 16.5. The monoisotopic (exact) mass is 415 g/mol. The number of pyridine rings is 1. The third kappa shape index (κ3) is 4.60. The summed E-state index contributed by atoms with van der Waals surface area (Å²) in [6, 6.07) is 21.5. The average Bonchev–Trinajstić information content (AvgIpc) is 3.03. The van der Waals surface area contributed by atoms with Crippen molar-refractivity contribution < 1.29 is 9.53 Å². The number of hydrogen-bond acceptors (Lipinski definition) is 5. The topological polar surface area (TPSA) is 54.8 Å². The fourth-order valence-corrected chi connectivity index (χ4v) is 3.85. The molecule has 150 valence electrons. The van der Waals surface area contributed by atoms with Crippen molar-refractivity contribution >= 4 is 34.7 Å². The van der Waals surface area contributed by atoms with Crippen LogP contribution in [-0.2, 0) is 11.4 Å². The van der Waals surface area contributed by atoms with Crippen molar-refractivity contribution in [2.24, 2.45) is 4.99 Å². The first-order chi connectivity index (χ1) is 14.6. The zero-order chi connectivity index (χ0) is 20.9. The van der Waals surface area contributed by atoms with Crippen LogP contribution < -0.4 is 4.74 Å². The van der Waals surface area contributed by atoms with Crippen molar-refractivity contribution in [2.45, 2.75) is 13.5 Å². The maximum Gasteiger partial charge on any atom is 0.266 e. The molecule has 3 aromatic rings. The fourth-order valence-electron chi connectivity index (χ4n) is 2.89. The number of rotatable bonds is 5. The molecule has 0 bridgehead atoms. The van der Waals surface area contributed by atoms with Gasteiger partial charge in [-0.1, -0.05) is 54.1 Å². The molecular formula is C24H21N3O2S. The summed E-state index contributed by atoms with van der Waals surface area (Å²) in [5.74, 6) is 1.21. The molecule has 0 N–H and O–H groups in total. The Kier molecular flexibility index (Phi) is 5.95. The van der Waals surface area contributed by atoms with Gasteiger partial charge in [0, 0.05) is 18.8 Å². The van der Waals surface area contributed by atoms with Gasteiger partial charge in [-0.25, -0.2) is 9.98 Å². The number of amidine groups is 1. The van der Waals surface area contributed by atoms with Gasteiger partial charge in [0.15, 0.2) is 11.0 Å². The van der Waals surface area contributed by atoms with Gasteiger partial charge in [0.05, 0.1) is 4.91 Å². The van der Waals surface area contributed by atoms with Crippen LogP contribution >= 0.6 is 11.8 Å². The zero-order valence-corrected chi connectivity index (χ0v) is 17.6. The number of carbonyl (C=O) groups excluding carboxylic acids is 1. The van der Waals surface area contributed by atoms with Gasteiger partial charge in [0.1, 0.15) is 12.4 Å². The molecule has 1 aliphatic heterocycles. The zero-order valence-electron chi connectivity index (χ0n) is 16.8. The molecule has 1 amide bonds. The van der Waals surface area contributed by atoms with Crippen LogP contribution in [0.25, 0.3) is 6.08 Å². The highest BCUT2D eigenvalue weighted by atomic mass is 32.2. The molecular weight excluding hydrogens is 394 g/mol. The highest BCUT2D eigenvalue weighted by molar-refractivity contribution is 8.18. The highest BCUT2D eigenvalue weighted by Crippen LogP contribution is 2.34. The molecule has 1 saturated heterocycles. The van der Waals surface area contributed by atoms with Crippen LogP contribution in [0.5, 0.6) is 5.75 Å². The maximum absolute atomic E-state index is 12.7. The minimum Gasteiger partial charge on any atom is -0.488 e. The summed E-state index contributed by atoms with van der Waals surface area (Å²) >= 11 is 1.33. The Morgan fingerprint density at radius 1 is 1.07 bits per heavy atom. The molecule has 2 heterocycles. The van der Waals surface area contributed by atoms with Crippen molar-refractivity contribution in [3.8, 4) is 5.75 Å². The number of aromatic nitrogens is 1. The molecule has 30 heavy (non-hydrogen) atoms.